The summed E-state index contributed by atoms with van der Waals surface area (Å²) in [5.41, 5.74) is 3.57. The van der Waals surface area contributed by atoms with Crippen molar-refractivity contribution in [2.75, 3.05) is 18.1 Å². The fraction of sp³-hybridized carbons (Fsp3) is 0.409. The number of urea groups is 1. The van der Waals surface area contributed by atoms with Crippen molar-refractivity contribution < 1.29 is 9.53 Å². The van der Waals surface area contributed by atoms with Crippen LogP contribution in [-0.4, -0.2) is 25.2 Å². The number of para-hydroxylation sites is 1. The Morgan fingerprint density at radius 1 is 1.19 bits per heavy atom. The molecule has 4 nitrogen and oxygen atoms in total. The number of anilines is 1. The molecule has 1 unspecified atom stereocenters. The first-order chi connectivity index (χ1) is 12.4. The molecule has 2 aromatic carbocycles. The molecule has 26 heavy (non-hydrogen) atoms. The fourth-order valence-corrected chi connectivity index (χ4v) is 3.34. The van der Waals surface area contributed by atoms with Crippen molar-refractivity contribution in [1.82, 2.24) is 5.32 Å². The molecule has 0 saturated carbocycles. The smallest absolute Gasteiger partial charge is 0.322 e. The molecule has 1 N–H and O–H groups in total. The Bertz CT molecular complexity index is 780. The summed E-state index contributed by atoms with van der Waals surface area (Å²) in [5, 5.41) is 2.97. The standard InChI is InChI=1S/C22H28N2O2/c1-16-14-17-8-5-6-11-20(17)24(16)21(25)23-12-13-26-19-10-7-9-18(15-19)22(2,3)4/h5-11,15-16H,12-14H2,1-4H3,(H,23,25). The normalized spacial score (nSPS) is 16.3. The molecule has 0 radical (unpaired) electrons. The first-order valence-electron chi connectivity index (χ1n) is 9.24. The highest BCUT2D eigenvalue weighted by molar-refractivity contribution is 5.94. The van der Waals surface area contributed by atoms with Gasteiger partial charge in [-0.25, -0.2) is 4.79 Å². The maximum atomic E-state index is 12.6. The second-order valence-electron chi connectivity index (χ2n) is 7.91. The van der Waals surface area contributed by atoms with Gasteiger partial charge in [-0.3, -0.25) is 4.90 Å². The molecule has 138 valence electrons. The van der Waals surface area contributed by atoms with E-state index in [-0.39, 0.29) is 17.5 Å². The molecular formula is C22H28N2O2. The molecule has 0 aliphatic carbocycles. The number of nitrogens with zero attached hydrogens (tertiary/aromatic N) is 1. The fourth-order valence-electron chi connectivity index (χ4n) is 3.34. The van der Waals surface area contributed by atoms with Crippen LogP contribution in [0.4, 0.5) is 10.5 Å². The van der Waals surface area contributed by atoms with Crippen LogP contribution in [-0.2, 0) is 11.8 Å². The molecule has 0 bridgehead atoms. The minimum Gasteiger partial charge on any atom is -0.492 e. The lowest BCUT2D eigenvalue weighted by Crippen LogP contribution is -2.44. The summed E-state index contributed by atoms with van der Waals surface area (Å²) in [6.07, 6.45) is 0.902. The van der Waals surface area contributed by atoms with Crippen molar-refractivity contribution in [1.29, 1.82) is 0 Å². The van der Waals surface area contributed by atoms with Gasteiger partial charge in [0.1, 0.15) is 12.4 Å². The summed E-state index contributed by atoms with van der Waals surface area (Å²) in [4.78, 5) is 14.4. The highest BCUT2D eigenvalue weighted by Gasteiger charge is 2.30. The Kier molecular flexibility index (Phi) is 5.21. The van der Waals surface area contributed by atoms with Crippen molar-refractivity contribution in [2.45, 2.75) is 45.6 Å². The number of nitrogens with one attached hydrogen (secondary N) is 1. The van der Waals surface area contributed by atoms with Crippen molar-refractivity contribution in [2.24, 2.45) is 0 Å². The lowest BCUT2D eigenvalue weighted by Gasteiger charge is -2.23. The van der Waals surface area contributed by atoms with Crippen LogP contribution >= 0.6 is 0 Å². The van der Waals surface area contributed by atoms with Crippen LogP contribution in [0.3, 0.4) is 0 Å². The van der Waals surface area contributed by atoms with Gasteiger partial charge in [0.15, 0.2) is 0 Å². The topological polar surface area (TPSA) is 41.6 Å². The van der Waals surface area contributed by atoms with Crippen LogP contribution in [0.25, 0.3) is 0 Å². The van der Waals surface area contributed by atoms with Crippen molar-refractivity contribution in [3.05, 3.63) is 59.7 Å². The molecule has 1 heterocycles. The highest BCUT2D eigenvalue weighted by Crippen LogP contribution is 2.31. The van der Waals surface area contributed by atoms with Gasteiger partial charge in [0, 0.05) is 11.7 Å². The number of benzene rings is 2. The Balaban J connectivity index is 1.52. The van der Waals surface area contributed by atoms with Crippen LogP contribution < -0.4 is 15.0 Å². The molecule has 4 heteroatoms. The van der Waals surface area contributed by atoms with Gasteiger partial charge in [-0.05, 0) is 48.1 Å². The van der Waals surface area contributed by atoms with E-state index in [1.165, 1.54) is 11.1 Å². The van der Waals surface area contributed by atoms with Crippen LogP contribution in [0.15, 0.2) is 48.5 Å². The van der Waals surface area contributed by atoms with Crippen molar-refractivity contribution in [3.63, 3.8) is 0 Å². The average molecular weight is 352 g/mol. The third-order valence-corrected chi connectivity index (χ3v) is 4.77. The minimum absolute atomic E-state index is 0.0607. The maximum absolute atomic E-state index is 12.6. The van der Waals surface area contributed by atoms with Gasteiger partial charge in [0.05, 0.1) is 6.54 Å². The van der Waals surface area contributed by atoms with E-state index in [4.69, 9.17) is 4.74 Å². The summed E-state index contributed by atoms with van der Waals surface area (Å²) in [6, 6.07) is 16.4. The largest absolute Gasteiger partial charge is 0.492 e. The number of hydrogen-bond donors (Lipinski definition) is 1. The predicted molar refractivity (Wildman–Crippen MR) is 106 cm³/mol. The van der Waals surface area contributed by atoms with Crippen molar-refractivity contribution in [3.8, 4) is 5.75 Å². The Labute approximate surface area is 156 Å². The molecule has 3 rings (SSSR count). The zero-order valence-corrected chi connectivity index (χ0v) is 16.1. The first-order valence-corrected chi connectivity index (χ1v) is 9.24. The number of amides is 2. The number of carbonyl (C=O) groups is 1. The van der Waals surface area contributed by atoms with E-state index >= 15 is 0 Å². The van der Waals surface area contributed by atoms with E-state index in [0.717, 1.165) is 17.9 Å². The maximum Gasteiger partial charge on any atom is 0.322 e. The Hall–Kier alpha value is -2.49. The van der Waals surface area contributed by atoms with Gasteiger partial charge in [0.2, 0.25) is 0 Å². The van der Waals surface area contributed by atoms with Crippen LogP contribution in [0.2, 0.25) is 0 Å². The first kappa shape index (κ1) is 18.3. The van der Waals surface area contributed by atoms with Crippen LogP contribution in [0.1, 0.15) is 38.8 Å². The second-order valence-corrected chi connectivity index (χ2v) is 7.91. The summed E-state index contributed by atoms with van der Waals surface area (Å²) < 4.78 is 5.82. The van der Waals surface area contributed by atoms with Gasteiger partial charge < -0.3 is 10.1 Å². The van der Waals surface area contributed by atoms with Gasteiger partial charge >= 0.3 is 6.03 Å². The molecule has 1 aliphatic rings. The third-order valence-electron chi connectivity index (χ3n) is 4.77. The second kappa shape index (κ2) is 7.40. The third kappa shape index (κ3) is 4.01. The SMILES string of the molecule is CC1Cc2ccccc2N1C(=O)NCCOc1cccc(C(C)(C)C)c1. The van der Waals surface area contributed by atoms with E-state index < -0.39 is 0 Å². The van der Waals surface area contributed by atoms with Gasteiger partial charge in [0.25, 0.3) is 0 Å². The van der Waals surface area contributed by atoms with E-state index in [2.05, 4.69) is 51.2 Å². The Morgan fingerprint density at radius 3 is 2.73 bits per heavy atom. The molecule has 0 aromatic heterocycles. The van der Waals surface area contributed by atoms with Crippen LogP contribution in [0, 0.1) is 0 Å². The van der Waals surface area contributed by atoms with Gasteiger partial charge in [-0.2, -0.15) is 0 Å². The van der Waals surface area contributed by atoms with E-state index in [0.29, 0.717) is 13.2 Å². The number of rotatable bonds is 4. The molecule has 1 atom stereocenters. The Morgan fingerprint density at radius 2 is 1.96 bits per heavy atom. The number of carbonyl (C=O) groups excluding carboxylic acids is 1. The monoisotopic (exact) mass is 352 g/mol. The number of ether oxygens (including phenoxy) is 1. The minimum atomic E-state index is -0.0607. The summed E-state index contributed by atoms with van der Waals surface area (Å²) in [6.45, 7) is 9.55. The van der Waals surface area contributed by atoms with E-state index in [9.17, 15) is 4.79 Å². The predicted octanol–water partition coefficient (Wildman–Crippen LogP) is 4.52. The molecule has 2 aromatic rings. The zero-order valence-electron chi connectivity index (χ0n) is 16.1. The highest BCUT2D eigenvalue weighted by atomic mass is 16.5. The van der Waals surface area contributed by atoms with Gasteiger partial charge in [-0.15, -0.1) is 0 Å². The van der Waals surface area contributed by atoms with Crippen molar-refractivity contribution >= 4 is 11.7 Å². The van der Waals surface area contributed by atoms with Gasteiger partial charge in [-0.1, -0.05) is 51.1 Å². The number of hydrogen-bond acceptors (Lipinski definition) is 2. The number of fused-ring (bicyclic) bond motifs is 1. The lowest BCUT2D eigenvalue weighted by atomic mass is 9.87. The molecule has 2 amide bonds. The molecular weight excluding hydrogens is 324 g/mol. The average Bonchev–Trinajstić information content (AvgIpc) is 2.94. The molecule has 0 fully saturated rings. The lowest BCUT2D eigenvalue weighted by molar-refractivity contribution is 0.240. The van der Waals surface area contributed by atoms with E-state index in [1.807, 2.05) is 35.2 Å². The van der Waals surface area contributed by atoms with Crippen LogP contribution in [0.5, 0.6) is 5.75 Å². The zero-order chi connectivity index (χ0) is 18.7. The van der Waals surface area contributed by atoms with E-state index in [1.54, 1.807) is 0 Å². The molecule has 0 saturated heterocycles. The summed E-state index contributed by atoms with van der Waals surface area (Å²) >= 11 is 0. The molecule has 0 spiro atoms. The summed E-state index contributed by atoms with van der Waals surface area (Å²) in [7, 11) is 0. The quantitative estimate of drug-likeness (QED) is 0.822. The molecule has 1 aliphatic heterocycles. The summed E-state index contributed by atoms with van der Waals surface area (Å²) in [5.74, 6) is 0.839.